The van der Waals surface area contributed by atoms with Gasteiger partial charge in [0.2, 0.25) is 5.91 Å². The predicted octanol–water partition coefficient (Wildman–Crippen LogP) is 1.86. The number of para-hydroxylation sites is 1. The number of benzene rings is 2. The second-order valence-corrected chi connectivity index (χ2v) is 12.0. The number of ether oxygens (including phenoxy) is 3. The van der Waals surface area contributed by atoms with Crippen molar-refractivity contribution >= 4 is 48.2 Å². The smallest absolute Gasteiger partial charge is 0.317 e. The molecule has 0 aliphatic carbocycles. The molecule has 4 N–H and O–H groups in total. The number of anilines is 1. The van der Waals surface area contributed by atoms with E-state index in [1.807, 2.05) is 19.1 Å². The fraction of sp³-hybridized carbons (Fsp3) is 0.457. The summed E-state index contributed by atoms with van der Waals surface area (Å²) in [6, 6.07) is 13.4. The van der Waals surface area contributed by atoms with Crippen LogP contribution in [0.2, 0.25) is 0 Å². The van der Waals surface area contributed by atoms with E-state index in [2.05, 4.69) is 5.32 Å². The van der Waals surface area contributed by atoms with Crippen LogP contribution in [0.1, 0.15) is 33.1 Å². The first kappa shape index (κ1) is 42.8. The molecule has 0 fully saturated rings. The average molecular weight is 731 g/mol. The maximum absolute atomic E-state index is 12.9. The summed E-state index contributed by atoms with van der Waals surface area (Å²) in [7, 11) is 0. The number of rotatable bonds is 28. The van der Waals surface area contributed by atoms with E-state index < -0.39 is 43.6 Å². The Bertz CT molecular complexity index is 1460. The van der Waals surface area contributed by atoms with Crippen LogP contribution in [-0.4, -0.2) is 138 Å². The fourth-order valence-corrected chi connectivity index (χ4v) is 5.19. The average Bonchev–Trinajstić information content (AvgIpc) is 3.08. The molecule has 17 heteroatoms. The highest BCUT2D eigenvalue weighted by molar-refractivity contribution is 5.96. The molecule has 2 rings (SSSR count). The largest absolute Gasteiger partial charge is 0.492 e. The predicted molar refractivity (Wildman–Crippen MR) is 185 cm³/mol. The zero-order valence-electron chi connectivity index (χ0n) is 29.2. The van der Waals surface area contributed by atoms with E-state index in [4.69, 9.17) is 14.2 Å². The third-order valence-electron chi connectivity index (χ3n) is 7.82. The summed E-state index contributed by atoms with van der Waals surface area (Å²) in [6.45, 7) is 0.972. The lowest BCUT2D eigenvalue weighted by atomic mass is 10.0. The molecule has 2 aromatic carbocycles. The molecule has 0 radical (unpaired) electrons. The van der Waals surface area contributed by atoms with E-state index in [0.29, 0.717) is 30.7 Å². The van der Waals surface area contributed by atoms with E-state index in [1.54, 1.807) is 36.4 Å². The van der Waals surface area contributed by atoms with Crippen LogP contribution >= 0.6 is 0 Å². The van der Waals surface area contributed by atoms with Crippen molar-refractivity contribution in [2.75, 3.05) is 64.7 Å². The Balaban J connectivity index is 2.25. The van der Waals surface area contributed by atoms with E-state index in [0.717, 1.165) is 16.0 Å². The molecule has 0 saturated carbocycles. The van der Waals surface area contributed by atoms with Gasteiger partial charge in [0.25, 0.3) is 12.9 Å². The minimum atomic E-state index is -1.26. The standard InChI is InChI=1S/C35H46N4O13/c1-25(6-5-7-26(2)42)35(49)36-31-9-4-3-8-30(31)27-10-12-29(13-11-27)52-20-28(39(21-50-23-40)22-51-24-41)16-37(17-32(43)44)14-15-38(18-33(45)46)19-34(47)48/h3-4,8-13,23-25,28H,5-7,14-22H2,1-2H3,(H,36,49)(H,43,44)(H,45,46)(H,47,48). The number of carboxylic acid groups (broad SMARTS) is 3. The Kier molecular flexibility index (Phi) is 19.0. The first-order valence-corrected chi connectivity index (χ1v) is 16.4. The Labute approximate surface area is 301 Å². The van der Waals surface area contributed by atoms with Crippen LogP contribution in [0.15, 0.2) is 48.5 Å². The van der Waals surface area contributed by atoms with Crippen LogP contribution < -0.4 is 10.1 Å². The van der Waals surface area contributed by atoms with Crippen molar-refractivity contribution < 1.29 is 63.1 Å². The highest BCUT2D eigenvalue weighted by Gasteiger charge is 2.26. The van der Waals surface area contributed by atoms with Gasteiger partial charge in [0.1, 0.15) is 31.6 Å². The van der Waals surface area contributed by atoms with Gasteiger partial charge in [-0.1, -0.05) is 37.3 Å². The number of aliphatic carboxylic acids is 3. The van der Waals surface area contributed by atoms with Gasteiger partial charge in [-0.3, -0.25) is 38.6 Å². The summed E-state index contributed by atoms with van der Waals surface area (Å²) < 4.78 is 15.8. The number of hydrogen-bond acceptors (Lipinski definition) is 13. The maximum atomic E-state index is 12.9. The van der Waals surface area contributed by atoms with Crippen molar-refractivity contribution in [3.63, 3.8) is 0 Å². The summed E-state index contributed by atoms with van der Waals surface area (Å²) in [4.78, 5) is 84.5. The van der Waals surface area contributed by atoms with Gasteiger partial charge in [0.15, 0.2) is 0 Å². The van der Waals surface area contributed by atoms with Crippen LogP contribution in [0.25, 0.3) is 11.1 Å². The van der Waals surface area contributed by atoms with Crippen LogP contribution in [0.3, 0.4) is 0 Å². The van der Waals surface area contributed by atoms with Crippen molar-refractivity contribution in [3.05, 3.63) is 48.5 Å². The molecule has 0 bridgehead atoms. The third kappa shape index (κ3) is 16.5. The van der Waals surface area contributed by atoms with Crippen LogP contribution in [0.5, 0.6) is 5.75 Å². The fourth-order valence-electron chi connectivity index (χ4n) is 5.19. The van der Waals surface area contributed by atoms with Crippen LogP contribution in [0, 0.1) is 5.92 Å². The van der Waals surface area contributed by atoms with E-state index in [9.17, 15) is 48.9 Å². The summed E-state index contributed by atoms with van der Waals surface area (Å²) in [6.07, 6.45) is 1.61. The zero-order chi connectivity index (χ0) is 38.5. The summed E-state index contributed by atoms with van der Waals surface area (Å²) >= 11 is 0. The van der Waals surface area contributed by atoms with E-state index in [-0.39, 0.29) is 70.3 Å². The number of carbonyl (C=O) groups is 7. The van der Waals surface area contributed by atoms with Crippen LogP contribution in [0.4, 0.5) is 5.69 Å². The van der Waals surface area contributed by atoms with Crippen LogP contribution in [-0.2, 0) is 43.0 Å². The Morgan fingerprint density at radius 1 is 0.808 bits per heavy atom. The number of nitrogens with one attached hydrogen (secondary N) is 1. The van der Waals surface area contributed by atoms with Gasteiger partial charge < -0.3 is 39.6 Å². The molecule has 0 saturated heterocycles. The lowest BCUT2D eigenvalue weighted by molar-refractivity contribution is -0.147. The lowest BCUT2D eigenvalue weighted by Gasteiger charge is -2.34. The highest BCUT2D eigenvalue weighted by Crippen LogP contribution is 2.30. The quantitative estimate of drug-likeness (QED) is 0.0723. The molecule has 2 unspecified atom stereocenters. The van der Waals surface area contributed by atoms with Crippen molar-refractivity contribution in [1.82, 2.24) is 14.7 Å². The molecule has 0 aromatic heterocycles. The lowest BCUT2D eigenvalue weighted by Crippen LogP contribution is -2.51. The number of hydrogen-bond donors (Lipinski definition) is 4. The van der Waals surface area contributed by atoms with Gasteiger partial charge in [0.05, 0.1) is 25.7 Å². The monoisotopic (exact) mass is 730 g/mol. The molecular formula is C35H46N4O13. The molecule has 52 heavy (non-hydrogen) atoms. The van der Waals surface area contributed by atoms with Gasteiger partial charge in [0, 0.05) is 43.2 Å². The van der Waals surface area contributed by atoms with E-state index in [1.165, 1.54) is 16.7 Å². The van der Waals surface area contributed by atoms with Crippen molar-refractivity contribution in [2.24, 2.45) is 5.92 Å². The maximum Gasteiger partial charge on any atom is 0.317 e. The van der Waals surface area contributed by atoms with Crippen molar-refractivity contribution in [3.8, 4) is 16.9 Å². The topological polar surface area (TPSA) is 230 Å². The number of amides is 1. The Morgan fingerprint density at radius 2 is 1.37 bits per heavy atom. The Hall–Kier alpha value is -5.39. The van der Waals surface area contributed by atoms with Crippen molar-refractivity contribution in [1.29, 1.82) is 0 Å². The normalized spacial score (nSPS) is 12.2. The molecule has 17 nitrogen and oxygen atoms in total. The van der Waals surface area contributed by atoms with Gasteiger partial charge in [-0.15, -0.1) is 0 Å². The molecule has 0 aliphatic heterocycles. The Morgan fingerprint density at radius 3 is 1.92 bits per heavy atom. The molecule has 0 spiro atoms. The molecule has 2 atom stereocenters. The summed E-state index contributed by atoms with van der Waals surface area (Å²) in [5.41, 5.74) is 2.12. The zero-order valence-corrected chi connectivity index (χ0v) is 29.2. The number of carboxylic acids is 3. The molecule has 284 valence electrons. The SMILES string of the molecule is CC(=O)CCCC(C)C(=O)Nc1ccccc1-c1ccc(OCC(CN(CCN(CC(=O)O)CC(=O)O)CC(=O)O)N(COC=O)COC=O)cc1. The number of nitrogens with zero attached hydrogens (tertiary/aromatic N) is 3. The first-order chi connectivity index (χ1) is 24.8. The van der Waals surface area contributed by atoms with Gasteiger partial charge in [-0.05, 0) is 43.5 Å². The molecule has 1 amide bonds. The second-order valence-electron chi connectivity index (χ2n) is 12.0. The number of Topliss-reactive ketones (excluding diaryl/α,β-unsaturated/α-hetero) is 1. The minimum Gasteiger partial charge on any atom is -0.492 e. The molecule has 0 aliphatic rings. The number of carbonyl (C=O) groups excluding carboxylic acids is 4. The van der Waals surface area contributed by atoms with E-state index >= 15 is 0 Å². The summed E-state index contributed by atoms with van der Waals surface area (Å²) in [5, 5.41) is 30.9. The van der Waals surface area contributed by atoms with Gasteiger partial charge in [-0.25, -0.2) is 4.90 Å². The molecule has 2 aromatic rings. The number of ketones is 1. The summed E-state index contributed by atoms with van der Waals surface area (Å²) in [5.74, 6) is -3.72. The van der Waals surface area contributed by atoms with Gasteiger partial charge >= 0.3 is 17.9 Å². The van der Waals surface area contributed by atoms with Gasteiger partial charge in [-0.2, -0.15) is 0 Å². The minimum absolute atomic E-state index is 0.0535. The third-order valence-corrected chi connectivity index (χ3v) is 7.82. The second kappa shape index (κ2) is 23.2. The first-order valence-electron chi connectivity index (χ1n) is 16.4. The molecule has 0 heterocycles. The highest BCUT2D eigenvalue weighted by atomic mass is 16.6. The molecular weight excluding hydrogens is 684 g/mol. The van der Waals surface area contributed by atoms with Crippen molar-refractivity contribution in [2.45, 2.75) is 39.2 Å².